The molecular formula is C20H18N2. The first-order chi connectivity index (χ1) is 10.8. The molecule has 3 aromatic rings. The van der Waals surface area contributed by atoms with Crippen LogP contribution in [-0.2, 0) is 13.0 Å². The van der Waals surface area contributed by atoms with E-state index in [9.17, 15) is 0 Å². The minimum Gasteiger partial charge on any atom is -0.399 e. The molecule has 0 heterocycles. The Labute approximate surface area is 130 Å². The highest BCUT2D eigenvalue weighted by Crippen LogP contribution is 2.40. The average molecular weight is 286 g/mol. The first-order valence-corrected chi connectivity index (χ1v) is 7.60. The van der Waals surface area contributed by atoms with Crippen LogP contribution in [0, 0.1) is 0 Å². The van der Waals surface area contributed by atoms with Crippen LogP contribution >= 0.6 is 0 Å². The van der Waals surface area contributed by atoms with Gasteiger partial charge in [0.2, 0.25) is 0 Å². The van der Waals surface area contributed by atoms with Crippen molar-refractivity contribution in [1.29, 1.82) is 0 Å². The summed E-state index contributed by atoms with van der Waals surface area (Å²) in [7, 11) is 0. The Morgan fingerprint density at radius 2 is 1.59 bits per heavy atom. The van der Waals surface area contributed by atoms with E-state index in [0.29, 0.717) is 0 Å². The van der Waals surface area contributed by atoms with E-state index in [-0.39, 0.29) is 0 Å². The summed E-state index contributed by atoms with van der Waals surface area (Å²) >= 11 is 0. The van der Waals surface area contributed by atoms with Crippen LogP contribution in [-0.4, -0.2) is 0 Å². The molecule has 2 heteroatoms. The molecule has 4 rings (SSSR count). The third-order valence-electron chi connectivity index (χ3n) is 4.31. The van der Waals surface area contributed by atoms with Gasteiger partial charge in [0.15, 0.2) is 0 Å². The highest BCUT2D eigenvalue weighted by Gasteiger charge is 2.20. The fourth-order valence-electron chi connectivity index (χ4n) is 3.16. The summed E-state index contributed by atoms with van der Waals surface area (Å²) in [5.41, 5.74) is 14.6. The molecule has 1 aliphatic rings. The fourth-order valence-corrected chi connectivity index (χ4v) is 3.16. The van der Waals surface area contributed by atoms with Crippen LogP contribution < -0.4 is 11.1 Å². The van der Waals surface area contributed by atoms with E-state index in [0.717, 1.165) is 18.7 Å². The topological polar surface area (TPSA) is 38.0 Å². The molecule has 1 aliphatic carbocycles. The van der Waals surface area contributed by atoms with Gasteiger partial charge in [0, 0.05) is 24.3 Å². The zero-order valence-electron chi connectivity index (χ0n) is 12.3. The van der Waals surface area contributed by atoms with Crippen molar-refractivity contribution < 1.29 is 0 Å². The Hall–Kier alpha value is -2.74. The SMILES string of the molecule is Nc1ccc(CNc2cccc3c2Cc2ccccc2-3)cc1. The van der Waals surface area contributed by atoms with E-state index in [1.54, 1.807) is 0 Å². The fraction of sp³-hybridized carbons (Fsp3) is 0.100. The van der Waals surface area contributed by atoms with Crippen molar-refractivity contribution in [2.75, 3.05) is 11.1 Å². The molecule has 22 heavy (non-hydrogen) atoms. The molecule has 0 amide bonds. The molecule has 108 valence electrons. The van der Waals surface area contributed by atoms with E-state index < -0.39 is 0 Å². The van der Waals surface area contributed by atoms with E-state index >= 15 is 0 Å². The average Bonchev–Trinajstić information content (AvgIpc) is 2.94. The van der Waals surface area contributed by atoms with Crippen LogP contribution in [0.3, 0.4) is 0 Å². The first kappa shape index (κ1) is 13.0. The van der Waals surface area contributed by atoms with E-state index in [1.165, 1.54) is 33.5 Å². The minimum absolute atomic E-state index is 0.805. The lowest BCUT2D eigenvalue weighted by molar-refractivity contribution is 1.13. The maximum atomic E-state index is 5.74. The molecule has 0 saturated carbocycles. The van der Waals surface area contributed by atoms with Crippen molar-refractivity contribution in [1.82, 2.24) is 0 Å². The predicted molar refractivity (Wildman–Crippen MR) is 92.9 cm³/mol. The Balaban J connectivity index is 1.61. The molecule has 0 fully saturated rings. The predicted octanol–water partition coefficient (Wildman–Crippen LogP) is 4.45. The first-order valence-electron chi connectivity index (χ1n) is 7.60. The number of nitrogens with one attached hydrogen (secondary N) is 1. The van der Waals surface area contributed by atoms with Gasteiger partial charge in [-0.05, 0) is 46.0 Å². The van der Waals surface area contributed by atoms with Crippen LogP contribution in [0.15, 0.2) is 66.7 Å². The zero-order valence-corrected chi connectivity index (χ0v) is 12.3. The minimum atomic E-state index is 0.805. The van der Waals surface area contributed by atoms with Gasteiger partial charge in [-0.1, -0.05) is 48.5 Å². The lowest BCUT2D eigenvalue weighted by Gasteiger charge is -2.11. The summed E-state index contributed by atoms with van der Waals surface area (Å²) in [6.45, 7) is 0.813. The molecule has 3 aromatic carbocycles. The summed E-state index contributed by atoms with van der Waals surface area (Å²) in [5.74, 6) is 0. The molecule has 2 nitrogen and oxygen atoms in total. The van der Waals surface area contributed by atoms with Gasteiger partial charge in [0.05, 0.1) is 0 Å². The van der Waals surface area contributed by atoms with Crippen LogP contribution in [0.5, 0.6) is 0 Å². The lowest BCUT2D eigenvalue weighted by atomic mass is 10.0. The largest absolute Gasteiger partial charge is 0.399 e. The van der Waals surface area contributed by atoms with Crippen LogP contribution in [0.1, 0.15) is 16.7 Å². The number of anilines is 2. The van der Waals surface area contributed by atoms with Crippen molar-refractivity contribution >= 4 is 11.4 Å². The third-order valence-corrected chi connectivity index (χ3v) is 4.31. The number of fused-ring (bicyclic) bond motifs is 3. The number of nitrogen functional groups attached to an aromatic ring is 1. The van der Waals surface area contributed by atoms with Crippen LogP contribution in [0.25, 0.3) is 11.1 Å². The number of rotatable bonds is 3. The Morgan fingerprint density at radius 3 is 2.45 bits per heavy atom. The highest BCUT2D eigenvalue weighted by molar-refractivity contribution is 5.81. The van der Waals surface area contributed by atoms with Crippen molar-refractivity contribution in [2.24, 2.45) is 0 Å². The van der Waals surface area contributed by atoms with Gasteiger partial charge in [0.1, 0.15) is 0 Å². The molecule has 0 bridgehead atoms. The van der Waals surface area contributed by atoms with Crippen molar-refractivity contribution in [3.8, 4) is 11.1 Å². The molecule has 3 N–H and O–H groups in total. The Kier molecular flexibility index (Phi) is 3.08. The van der Waals surface area contributed by atoms with E-state index in [4.69, 9.17) is 5.73 Å². The Bertz CT molecular complexity index is 819. The number of benzene rings is 3. The van der Waals surface area contributed by atoms with Gasteiger partial charge in [-0.3, -0.25) is 0 Å². The van der Waals surface area contributed by atoms with Gasteiger partial charge >= 0.3 is 0 Å². The van der Waals surface area contributed by atoms with Gasteiger partial charge < -0.3 is 11.1 Å². The van der Waals surface area contributed by atoms with Crippen molar-refractivity contribution in [2.45, 2.75) is 13.0 Å². The van der Waals surface area contributed by atoms with Crippen LogP contribution in [0.4, 0.5) is 11.4 Å². The standard InChI is InChI=1S/C20H18N2/c21-16-10-8-14(9-11-16)13-22-20-7-3-6-18-17-5-2-1-4-15(17)12-19(18)20/h1-11,22H,12-13,21H2. The molecule has 0 unspecified atom stereocenters. The second-order valence-electron chi connectivity index (χ2n) is 5.76. The summed E-state index contributed by atoms with van der Waals surface area (Å²) in [6, 6.07) is 23.2. The van der Waals surface area contributed by atoms with Gasteiger partial charge in [-0.2, -0.15) is 0 Å². The zero-order chi connectivity index (χ0) is 14.9. The van der Waals surface area contributed by atoms with Crippen LogP contribution in [0.2, 0.25) is 0 Å². The summed E-state index contributed by atoms with van der Waals surface area (Å²) < 4.78 is 0. The van der Waals surface area contributed by atoms with Gasteiger partial charge in [-0.25, -0.2) is 0 Å². The maximum absolute atomic E-state index is 5.74. The molecule has 0 aromatic heterocycles. The third kappa shape index (κ3) is 2.23. The molecule has 0 radical (unpaired) electrons. The van der Waals surface area contributed by atoms with Gasteiger partial charge in [-0.15, -0.1) is 0 Å². The summed E-state index contributed by atoms with van der Waals surface area (Å²) in [4.78, 5) is 0. The second kappa shape index (κ2) is 5.23. The van der Waals surface area contributed by atoms with Crippen molar-refractivity contribution in [3.63, 3.8) is 0 Å². The molecule has 0 atom stereocenters. The second-order valence-corrected chi connectivity index (χ2v) is 5.76. The number of nitrogens with two attached hydrogens (primary N) is 1. The molecular weight excluding hydrogens is 268 g/mol. The summed E-state index contributed by atoms with van der Waals surface area (Å²) in [6.07, 6.45) is 1.01. The number of hydrogen-bond acceptors (Lipinski definition) is 2. The lowest BCUT2D eigenvalue weighted by Crippen LogP contribution is -2.02. The van der Waals surface area contributed by atoms with Crippen molar-refractivity contribution in [3.05, 3.63) is 83.4 Å². The molecule has 0 spiro atoms. The normalized spacial score (nSPS) is 11.8. The molecule has 0 aliphatic heterocycles. The maximum Gasteiger partial charge on any atom is 0.0400 e. The van der Waals surface area contributed by atoms with E-state index in [2.05, 4.69) is 59.9 Å². The smallest absolute Gasteiger partial charge is 0.0400 e. The highest BCUT2D eigenvalue weighted by atomic mass is 14.9. The Morgan fingerprint density at radius 1 is 0.818 bits per heavy atom. The quantitative estimate of drug-likeness (QED) is 0.546. The molecule has 0 saturated heterocycles. The number of hydrogen-bond donors (Lipinski definition) is 2. The monoisotopic (exact) mass is 286 g/mol. The van der Waals surface area contributed by atoms with E-state index in [1.807, 2.05) is 12.1 Å². The summed E-state index contributed by atoms with van der Waals surface area (Å²) in [5, 5.41) is 3.57. The van der Waals surface area contributed by atoms with Gasteiger partial charge in [0.25, 0.3) is 0 Å².